The summed E-state index contributed by atoms with van der Waals surface area (Å²) in [4.78, 5) is 20.2. The molecule has 1 amide bonds. The molecule has 0 atom stereocenters. The second kappa shape index (κ2) is 9.36. The molecule has 0 radical (unpaired) electrons. The predicted octanol–water partition coefficient (Wildman–Crippen LogP) is 4.03. The van der Waals surface area contributed by atoms with Crippen LogP contribution in [0, 0.1) is 0 Å². The Labute approximate surface area is 163 Å². The zero-order valence-corrected chi connectivity index (χ0v) is 17.0. The van der Waals surface area contributed by atoms with Crippen LogP contribution in [-0.2, 0) is 10.5 Å². The van der Waals surface area contributed by atoms with Gasteiger partial charge >= 0.3 is 6.09 Å². The molecule has 0 saturated heterocycles. The molecular formula is C19H24N4O3S. The van der Waals surface area contributed by atoms with Gasteiger partial charge in [-0.3, -0.25) is 0 Å². The Morgan fingerprint density at radius 1 is 1.26 bits per heavy atom. The van der Waals surface area contributed by atoms with Crippen LogP contribution < -0.4 is 10.2 Å². The summed E-state index contributed by atoms with van der Waals surface area (Å²) >= 11 is 1.52. The molecule has 1 N–H and O–H groups in total. The van der Waals surface area contributed by atoms with E-state index in [1.165, 1.54) is 11.8 Å². The third-order valence-corrected chi connectivity index (χ3v) is 4.24. The summed E-state index contributed by atoms with van der Waals surface area (Å²) in [7, 11) is 1.63. The number of amides is 1. The van der Waals surface area contributed by atoms with E-state index in [1.807, 2.05) is 25.1 Å². The maximum absolute atomic E-state index is 11.7. The molecule has 1 heterocycles. The van der Waals surface area contributed by atoms with E-state index in [0.29, 0.717) is 16.6 Å². The molecule has 0 aliphatic heterocycles. The van der Waals surface area contributed by atoms with E-state index in [4.69, 9.17) is 9.47 Å². The highest BCUT2D eigenvalue weighted by molar-refractivity contribution is 7.98. The molecule has 144 valence electrons. The van der Waals surface area contributed by atoms with E-state index in [1.54, 1.807) is 46.3 Å². The van der Waals surface area contributed by atoms with Crippen molar-refractivity contribution in [3.05, 3.63) is 47.8 Å². The molecule has 2 rings (SSSR count). The normalized spacial score (nSPS) is 11.8. The first-order chi connectivity index (χ1) is 12.8. The number of methoxy groups -OCH3 is 1. The largest absolute Gasteiger partial charge is 0.496 e. The number of ether oxygens (including phenoxy) is 2. The summed E-state index contributed by atoms with van der Waals surface area (Å²) in [6.45, 7) is 7.21. The van der Waals surface area contributed by atoms with Gasteiger partial charge in [0.15, 0.2) is 5.16 Å². The van der Waals surface area contributed by atoms with Crippen molar-refractivity contribution in [1.29, 1.82) is 0 Å². The van der Waals surface area contributed by atoms with Crippen LogP contribution in [0.15, 0.2) is 46.9 Å². The Hall–Kier alpha value is -2.61. The summed E-state index contributed by atoms with van der Waals surface area (Å²) in [6, 6.07) is 7.53. The number of thioether (sulfide) groups is 1. The summed E-state index contributed by atoms with van der Waals surface area (Å²) in [5.74, 6) is 1.42. The number of rotatable bonds is 6. The molecule has 27 heavy (non-hydrogen) atoms. The maximum atomic E-state index is 11.7. The minimum absolute atomic E-state index is 0.572. The molecule has 0 aliphatic rings. The molecule has 8 heteroatoms. The Balaban J connectivity index is 2.10. The number of nitrogens with one attached hydrogen (secondary N) is 1. The predicted molar refractivity (Wildman–Crippen MR) is 106 cm³/mol. The molecule has 1 aromatic carbocycles. The molecule has 0 spiro atoms. The van der Waals surface area contributed by atoms with Crippen molar-refractivity contribution in [2.75, 3.05) is 7.11 Å². The zero-order chi connectivity index (χ0) is 19.9. The Bertz CT molecular complexity index is 804. The van der Waals surface area contributed by atoms with Crippen molar-refractivity contribution < 1.29 is 14.3 Å². The Kier molecular flexibility index (Phi) is 7.18. The fourth-order valence-corrected chi connectivity index (χ4v) is 2.89. The topological polar surface area (TPSA) is 85.7 Å². The lowest BCUT2D eigenvalue weighted by Gasteiger charge is -2.18. The Morgan fingerprint density at radius 2 is 1.96 bits per heavy atom. The first-order valence-electron chi connectivity index (χ1n) is 8.39. The minimum Gasteiger partial charge on any atom is -0.496 e. The van der Waals surface area contributed by atoms with Gasteiger partial charge in [-0.15, -0.1) is 0 Å². The number of nitrogens with zero attached hydrogens (tertiary/aromatic N) is 3. The fraction of sp³-hybridized carbons (Fsp3) is 0.368. The first kappa shape index (κ1) is 20.7. The Morgan fingerprint density at radius 3 is 2.59 bits per heavy atom. The van der Waals surface area contributed by atoms with Gasteiger partial charge in [-0.05, 0) is 57.5 Å². The zero-order valence-electron chi connectivity index (χ0n) is 16.1. The monoisotopic (exact) mass is 388 g/mol. The third-order valence-electron chi connectivity index (χ3n) is 3.31. The van der Waals surface area contributed by atoms with Gasteiger partial charge in [0.1, 0.15) is 11.4 Å². The second-order valence-corrected chi connectivity index (χ2v) is 7.60. The lowest BCUT2D eigenvalue weighted by Crippen LogP contribution is -2.30. The highest BCUT2D eigenvalue weighted by atomic mass is 32.2. The third kappa shape index (κ3) is 6.90. The van der Waals surface area contributed by atoms with E-state index in [0.717, 1.165) is 16.9 Å². The second-order valence-electron chi connectivity index (χ2n) is 6.66. The smallest absolute Gasteiger partial charge is 0.428 e. The average Bonchev–Trinajstić information content (AvgIpc) is 2.63. The number of benzene rings is 1. The highest BCUT2D eigenvalue weighted by Gasteiger charge is 2.15. The van der Waals surface area contributed by atoms with Crippen LogP contribution in [0.1, 0.15) is 38.8 Å². The molecule has 7 nitrogen and oxygen atoms in total. The lowest BCUT2D eigenvalue weighted by molar-refractivity contribution is 0.0529. The SMILES string of the molecule is COc1ccc(/C(C)=N\NC(=O)OC(C)(C)C)cc1CSc1ncccn1. The van der Waals surface area contributed by atoms with Crippen LogP contribution in [-0.4, -0.2) is 34.5 Å². The van der Waals surface area contributed by atoms with E-state index in [2.05, 4.69) is 20.5 Å². The quantitative estimate of drug-likeness (QED) is 0.348. The standard InChI is InChI=1S/C19H24N4O3S/c1-13(22-23-18(24)26-19(2,3)4)14-7-8-16(25-5)15(11-14)12-27-17-20-9-6-10-21-17/h6-11H,12H2,1-5H3,(H,23,24)/b22-13-. The molecule has 0 fully saturated rings. The average molecular weight is 388 g/mol. The van der Waals surface area contributed by atoms with Crippen LogP contribution in [0.3, 0.4) is 0 Å². The molecule has 1 aromatic heterocycles. The van der Waals surface area contributed by atoms with E-state index in [-0.39, 0.29) is 0 Å². The maximum Gasteiger partial charge on any atom is 0.428 e. The van der Waals surface area contributed by atoms with E-state index < -0.39 is 11.7 Å². The first-order valence-corrected chi connectivity index (χ1v) is 9.37. The van der Waals surface area contributed by atoms with Crippen molar-refractivity contribution in [2.45, 2.75) is 44.2 Å². The number of hydrogen-bond acceptors (Lipinski definition) is 7. The van der Waals surface area contributed by atoms with Crippen molar-refractivity contribution in [3.8, 4) is 5.75 Å². The van der Waals surface area contributed by atoms with Gasteiger partial charge < -0.3 is 9.47 Å². The van der Waals surface area contributed by atoms with Crippen molar-refractivity contribution in [2.24, 2.45) is 5.10 Å². The summed E-state index contributed by atoms with van der Waals surface area (Å²) in [5.41, 5.74) is 4.36. The van der Waals surface area contributed by atoms with Gasteiger partial charge in [-0.1, -0.05) is 11.8 Å². The minimum atomic E-state index is -0.590. The number of carbonyl (C=O) groups excluding carboxylic acids is 1. The lowest BCUT2D eigenvalue weighted by atomic mass is 10.1. The van der Waals surface area contributed by atoms with Gasteiger partial charge in [0.25, 0.3) is 0 Å². The van der Waals surface area contributed by atoms with Gasteiger partial charge in [0.2, 0.25) is 0 Å². The van der Waals surface area contributed by atoms with Crippen LogP contribution in [0.25, 0.3) is 0 Å². The summed E-state index contributed by atoms with van der Waals surface area (Å²) < 4.78 is 10.6. The van der Waals surface area contributed by atoms with Crippen LogP contribution in [0.2, 0.25) is 0 Å². The van der Waals surface area contributed by atoms with Crippen LogP contribution in [0.4, 0.5) is 4.79 Å². The van der Waals surface area contributed by atoms with Crippen molar-refractivity contribution in [1.82, 2.24) is 15.4 Å². The molecule has 0 unspecified atom stereocenters. The molecule has 0 saturated carbocycles. The fourth-order valence-electron chi connectivity index (χ4n) is 2.11. The number of carbonyl (C=O) groups is 1. The van der Waals surface area contributed by atoms with Crippen LogP contribution >= 0.6 is 11.8 Å². The number of hydrazone groups is 1. The molecule has 0 aliphatic carbocycles. The highest BCUT2D eigenvalue weighted by Crippen LogP contribution is 2.27. The van der Waals surface area contributed by atoms with Gasteiger partial charge in [0, 0.05) is 23.7 Å². The van der Waals surface area contributed by atoms with E-state index in [9.17, 15) is 4.79 Å². The number of hydrogen-bond donors (Lipinski definition) is 1. The summed E-state index contributed by atoms with van der Waals surface area (Å²) in [5, 5.41) is 4.81. The number of aromatic nitrogens is 2. The van der Waals surface area contributed by atoms with Gasteiger partial charge in [-0.2, -0.15) is 5.10 Å². The van der Waals surface area contributed by atoms with Crippen molar-refractivity contribution in [3.63, 3.8) is 0 Å². The van der Waals surface area contributed by atoms with E-state index >= 15 is 0 Å². The molecule has 0 bridgehead atoms. The van der Waals surface area contributed by atoms with Crippen molar-refractivity contribution >= 4 is 23.6 Å². The molecule has 2 aromatic rings. The van der Waals surface area contributed by atoms with Gasteiger partial charge in [0.05, 0.1) is 12.8 Å². The summed E-state index contributed by atoms with van der Waals surface area (Å²) in [6.07, 6.45) is 2.83. The van der Waals surface area contributed by atoms with Gasteiger partial charge in [-0.25, -0.2) is 20.2 Å². The molecular weight excluding hydrogens is 364 g/mol. The van der Waals surface area contributed by atoms with Crippen LogP contribution in [0.5, 0.6) is 5.75 Å².